The van der Waals surface area contributed by atoms with E-state index < -0.39 is 0 Å². The summed E-state index contributed by atoms with van der Waals surface area (Å²) in [4.78, 5) is 12.0. The first-order valence-corrected chi connectivity index (χ1v) is 6.17. The minimum Gasteiger partial charge on any atom is -0.508 e. The van der Waals surface area contributed by atoms with Crippen LogP contribution >= 0.6 is 0 Å². The maximum Gasteiger partial charge on any atom is 0.255 e. The number of hydrogen-bond donors (Lipinski definition) is 2. The predicted octanol–water partition coefficient (Wildman–Crippen LogP) is 3.02. The zero-order chi connectivity index (χ0) is 14.5. The van der Waals surface area contributed by atoms with Crippen molar-refractivity contribution in [2.24, 2.45) is 0 Å². The van der Waals surface area contributed by atoms with Gasteiger partial charge in [0.05, 0.1) is 12.5 Å². The van der Waals surface area contributed by atoms with Gasteiger partial charge in [-0.25, -0.2) is 0 Å². The molecule has 0 aliphatic rings. The second kappa shape index (κ2) is 5.89. The first-order valence-electron chi connectivity index (χ1n) is 6.17. The maximum absolute atomic E-state index is 12.0. The Morgan fingerprint density at radius 1 is 1.25 bits per heavy atom. The average molecular weight is 266 g/mol. The number of hydrogen-bond acceptors (Lipinski definition) is 3. The normalized spacial score (nSPS) is 9.80. The Morgan fingerprint density at radius 3 is 2.55 bits per heavy atom. The molecule has 0 heterocycles. The summed E-state index contributed by atoms with van der Waals surface area (Å²) in [5, 5.41) is 20.8. The van der Waals surface area contributed by atoms with Crippen LogP contribution in [0, 0.1) is 18.3 Å². The summed E-state index contributed by atoms with van der Waals surface area (Å²) in [5.74, 6) is -0.0662. The highest BCUT2D eigenvalue weighted by molar-refractivity contribution is 6.04. The fourth-order valence-corrected chi connectivity index (χ4v) is 1.80. The number of carbonyl (C=O) groups is 1. The zero-order valence-corrected chi connectivity index (χ0v) is 11.1. The summed E-state index contributed by atoms with van der Waals surface area (Å²) in [6, 6.07) is 13.9. The summed E-state index contributed by atoms with van der Waals surface area (Å²) >= 11 is 0. The van der Waals surface area contributed by atoms with Gasteiger partial charge in [-0.05, 0) is 48.4 Å². The number of nitriles is 1. The number of amides is 1. The number of nitrogens with zero attached hydrogens (tertiary/aromatic N) is 1. The fourth-order valence-electron chi connectivity index (χ4n) is 1.80. The number of aromatic hydroxyl groups is 1. The van der Waals surface area contributed by atoms with Crippen LogP contribution in [0.15, 0.2) is 42.5 Å². The number of carbonyl (C=O) groups excluding carboxylic acids is 1. The van der Waals surface area contributed by atoms with E-state index in [1.165, 1.54) is 6.07 Å². The Morgan fingerprint density at radius 2 is 1.95 bits per heavy atom. The molecule has 0 saturated heterocycles. The van der Waals surface area contributed by atoms with Gasteiger partial charge in [-0.2, -0.15) is 5.26 Å². The van der Waals surface area contributed by atoms with Gasteiger partial charge in [0.2, 0.25) is 0 Å². The molecule has 2 rings (SSSR count). The van der Waals surface area contributed by atoms with Crippen LogP contribution in [0.25, 0.3) is 0 Å². The van der Waals surface area contributed by atoms with Gasteiger partial charge >= 0.3 is 0 Å². The standard InChI is InChI=1S/C16H14N2O2/c1-11-10-13(4-7-15(11)19)16(20)18-14-5-2-12(3-6-14)8-9-17/h2-7,10,19H,8H2,1H3,(H,18,20). The lowest BCUT2D eigenvalue weighted by molar-refractivity contribution is 0.102. The third-order valence-electron chi connectivity index (χ3n) is 2.95. The molecule has 2 aromatic rings. The third-order valence-corrected chi connectivity index (χ3v) is 2.95. The molecule has 0 saturated carbocycles. The van der Waals surface area contributed by atoms with E-state index in [2.05, 4.69) is 11.4 Å². The van der Waals surface area contributed by atoms with Crippen LogP contribution in [-0.4, -0.2) is 11.0 Å². The highest BCUT2D eigenvalue weighted by Crippen LogP contribution is 2.18. The van der Waals surface area contributed by atoms with Gasteiger partial charge in [-0.3, -0.25) is 4.79 Å². The van der Waals surface area contributed by atoms with Crippen LogP contribution < -0.4 is 5.32 Å². The topological polar surface area (TPSA) is 73.1 Å². The van der Waals surface area contributed by atoms with Crippen LogP contribution in [0.4, 0.5) is 5.69 Å². The number of aryl methyl sites for hydroxylation is 1. The molecule has 0 aromatic heterocycles. The summed E-state index contributed by atoms with van der Waals surface area (Å²) < 4.78 is 0. The van der Waals surface area contributed by atoms with Gasteiger partial charge in [0.25, 0.3) is 5.91 Å². The van der Waals surface area contributed by atoms with E-state index in [0.29, 0.717) is 23.2 Å². The van der Waals surface area contributed by atoms with Crippen molar-refractivity contribution in [3.63, 3.8) is 0 Å². The van der Waals surface area contributed by atoms with E-state index in [0.717, 1.165) is 5.56 Å². The van der Waals surface area contributed by atoms with E-state index in [-0.39, 0.29) is 11.7 Å². The monoisotopic (exact) mass is 266 g/mol. The van der Waals surface area contributed by atoms with Gasteiger partial charge in [-0.1, -0.05) is 12.1 Å². The van der Waals surface area contributed by atoms with Gasteiger partial charge < -0.3 is 10.4 Å². The highest BCUT2D eigenvalue weighted by atomic mass is 16.3. The lowest BCUT2D eigenvalue weighted by atomic mass is 10.1. The molecule has 2 aromatic carbocycles. The minimum absolute atomic E-state index is 0.169. The Hall–Kier alpha value is -2.80. The number of anilines is 1. The molecule has 0 bridgehead atoms. The largest absolute Gasteiger partial charge is 0.508 e. The number of benzene rings is 2. The first kappa shape index (κ1) is 13.6. The molecule has 100 valence electrons. The smallest absolute Gasteiger partial charge is 0.255 e. The van der Waals surface area contributed by atoms with Crippen molar-refractivity contribution >= 4 is 11.6 Å². The van der Waals surface area contributed by atoms with Crippen molar-refractivity contribution in [1.82, 2.24) is 0 Å². The molecule has 0 aliphatic carbocycles. The Kier molecular flexibility index (Phi) is 4.02. The summed E-state index contributed by atoms with van der Waals surface area (Å²) in [5.41, 5.74) is 2.72. The van der Waals surface area contributed by atoms with E-state index in [4.69, 9.17) is 5.26 Å². The lowest BCUT2D eigenvalue weighted by Gasteiger charge is -2.07. The molecule has 0 fully saturated rings. The lowest BCUT2D eigenvalue weighted by Crippen LogP contribution is -2.11. The summed E-state index contributed by atoms with van der Waals surface area (Å²) in [7, 11) is 0. The first-order chi connectivity index (χ1) is 9.60. The van der Waals surface area contributed by atoms with Crippen LogP contribution in [-0.2, 0) is 6.42 Å². The van der Waals surface area contributed by atoms with E-state index >= 15 is 0 Å². The molecule has 0 radical (unpaired) electrons. The van der Waals surface area contributed by atoms with Crippen molar-refractivity contribution < 1.29 is 9.90 Å². The molecule has 1 amide bonds. The molecule has 2 N–H and O–H groups in total. The van der Waals surface area contributed by atoms with Crippen LogP contribution in [0.5, 0.6) is 5.75 Å². The molecule has 20 heavy (non-hydrogen) atoms. The van der Waals surface area contributed by atoms with Crippen LogP contribution in [0.2, 0.25) is 0 Å². The summed E-state index contributed by atoms with van der Waals surface area (Å²) in [6.07, 6.45) is 0.353. The SMILES string of the molecule is Cc1cc(C(=O)Nc2ccc(CC#N)cc2)ccc1O. The fraction of sp³-hybridized carbons (Fsp3) is 0.125. The average Bonchev–Trinajstić information content (AvgIpc) is 2.44. The molecule has 0 atom stereocenters. The van der Waals surface area contributed by atoms with Gasteiger partial charge in [0.1, 0.15) is 5.75 Å². The zero-order valence-electron chi connectivity index (χ0n) is 11.1. The molecule has 0 spiro atoms. The van der Waals surface area contributed by atoms with Gasteiger partial charge in [0, 0.05) is 11.3 Å². The maximum atomic E-state index is 12.0. The number of phenolic OH excluding ortho intramolecular Hbond substituents is 1. The van der Waals surface area contributed by atoms with Crippen molar-refractivity contribution in [1.29, 1.82) is 5.26 Å². The third kappa shape index (κ3) is 3.15. The van der Waals surface area contributed by atoms with E-state index in [1.54, 1.807) is 43.3 Å². The number of nitrogens with one attached hydrogen (secondary N) is 1. The van der Waals surface area contributed by atoms with E-state index in [1.807, 2.05) is 0 Å². The van der Waals surface area contributed by atoms with E-state index in [9.17, 15) is 9.90 Å². The summed E-state index contributed by atoms with van der Waals surface area (Å²) in [6.45, 7) is 1.74. The van der Waals surface area contributed by atoms with Gasteiger partial charge in [0.15, 0.2) is 0 Å². The van der Waals surface area contributed by atoms with Crippen molar-refractivity contribution in [2.75, 3.05) is 5.32 Å². The molecule has 0 unspecified atom stereocenters. The van der Waals surface area contributed by atoms with Crippen molar-refractivity contribution in [2.45, 2.75) is 13.3 Å². The predicted molar refractivity (Wildman–Crippen MR) is 76.6 cm³/mol. The van der Waals surface area contributed by atoms with Crippen molar-refractivity contribution in [3.05, 3.63) is 59.2 Å². The number of phenols is 1. The minimum atomic E-state index is -0.235. The highest BCUT2D eigenvalue weighted by Gasteiger charge is 2.07. The molecule has 4 nitrogen and oxygen atoms in total. The molecule has 4 heteroatoms. The van der Waals surface area contributed by atoms with Crippen LogP contribution in [0.3, 0.4) is 0 Å². The second-order valence-corrected chi connectivity index (χ2v) is 4.49. The van der Waals surface area contributed by atoms with Gasteiger partial charge in [-0.15, -0.1) is 0 Å². The van der Waals surface area contributed by atoms with Crippen molar-refractivity contribution in [3.8, 4) is 11.8 Å². The Balaban J connectivity index is 2.11. The quantitative estimate of drug-likeness (QED) is 0.896. The molecular formula is C16H14N2O2. The Bertz CT molecular complexity index is 670. The number of rotatable bonds is 3. The van der Waals surface area contributed by atoms with Crippen LogP contribution in [0.1, 0.15) is 21.5 Å². The molecule has 0 aliphatic heterocycles. The second-order valence-electron chi connectivity index (χ2n) is 4.49. The molecular weight excluding hydrogens is 252 g/mol. The Labute approximate surface area is 117 Å².